The Morgan fingerprint density at radius 3 is 2.71 bits per heavy atom. The van der Waals surface area contributed by atoms with Crippen LogP contribution in [0.3, 0.4) is 0 Å². The number of nitrogens with one attached hydrogen (secondary N) is 1. The van der Waals surface area contributed by atoms with Gasteiger partial charge in [-0.3, -0.25) is 4.79 Å². The summed E-state index contributed by atoms with van der Waals surface area (Å²) >= 11 is 0. The standard InChI is InChI=1S/C10H18N2O5/c1-5(9(11)16)3-12-10-7(15)2-6(14)8(4-13)17-10/h3,6-8,10,12-15H,2,4H2,1H3,(H2,11,16)/b5-3-/t6-,7?,8?,10-/m1/s1. The predicted molar refractivity (Wildman–Crippen MR) is 58.5 cm³/mol. The average Bonchev–Trinajstić information content (AvgIpc) is 2.27. The van der Waals surface area contributed by atoms with Gasteiger partial charge in [-0.2, -0.15) is 0 Å². The van der Waals surface area contributed by atoms with Crippen molar-refractivity contribution in [3.05, 3.63) is 11.8 Å². The largest absolute Gasteiger partial charge is 0.394 e. The van der Waals surface area contributed by atoms with E-state index in [1.54, 1.807) is 0 Å². The highest BCUT2D eigenvalue weighted by molar-refractivity contribution is 5.91. The zero-order valence-corrected chi connectivity index (χ0v) is 9.54. The van der Waals surface area contributed by atoms with Crippen molar-refractivity contribution in [1.82, 2.24) is 5.32 Å². The van der Waals surface area contributed by atoms with Crippen LogP contribution in [0.25, 0.3) is 0 Å². The SMILES string of the molecule is C/C(=C/N[C@@H]1OC(CO)[C@H](O)CC1O)C(N)=O. The van der Waals surface area contributed by atoms with Crippen molar-refractivity contribution in [2.75, 3.05) is 6.61 Å². The Morgan fingerprint density at radius 2 is 2.18 bits per heavy atom. The second kappa shape index (κ2) is 5.97. The summed E-state index contributed by atoms with van der Waals surface area (Å²) < 4.78 is 5.23. The fourth-order valence-corrected chi connectivity index (χ4v) is 1.49. The van der Waals surface area contributed by atoms with Gasteiger partial charge < -0.3 is 31.1 Å². The van der Waals surface area contributed by atoms with Gasteiger partial charge in [-0.05, 0) is 6.92 Å². The minimum Gasteiger partial charge on any atom is -0.394 e. The zero-order valence-electron chi connectivity index (χ0n) is 9.54. The van der Waals surface area contributed by atoms with Gasteiger partial charge in [0, 0.05) is 18.2 Å². The molecule has 1 fully saturated rings. The van der Waals surface area contributed by atoms with Crippen LogP contribution in [0, 0.1) is 0 Å². The van der Waals surface area contributed by atoms with Crippen molar-refractivity contribution in [3.63, 3.8) is 0 Å². The van der Waals surface area contributed by atoms with Crippen molar-refractivity contribution in [2.24, 2.45) is 5.73 Å². The molecule has 7 heteroatoms. The van der Waals surface area contributed by atoms with Gasteiger partial charge in [0.2, 0.25) is 5.91 Å². The summed E-state index contributed by atoms with van der Waals surface area (Å²) in [4.78, 5) is 10.8. The lowest BCUT2D eigenvalue weighted by atomic mass is 10.0. The number of nitrogens with two attached hydrogens (primary N) is 1. The molecule has 0 aromatic rings. The summed E-state index contributed by atoms with van der Waals surface area (Å²) in [7, 11) is 0. The lowest BCUT2D eigenvalue weighted by molar-refractivity contribution is -0.185. The van der Waals surface area contributed by atoms with E-state index in [4.69, 9.17) is 15.6 Å². The molecule has 0 aromatic heterocycles. The van der Waals surface area contributed by atoms with E-state index in [-0.39, 0.29) is 18.6 Å². The van der Waals surface area contributed by atoms with Gasteiger partial charge in [-0.15, -0.1) is 0 Å². The number of amides is 1. The molecule has 7 nitrogen and oxygen atoms in total. The van der Waals surface area contributed by atoms with Gasteiger partial charge in [0.15, 0.2) is 6.23 Å². The van der Waals surface area contributed by atoms with Crippen molar-refractivity contribution in [1.29, 1.82) is 0 Å². The molecule has 0 radical (unpaired) electrons. The van der Waals surface area contributed by atoms with Crippen molar-refractivity contribution < 1.29 is 24.9 Å². The molecule has 0 aromatic carbocycles. The molecule has 6 N–H and O–H groups in total. The van der Waals surface area contributed by atoms with E-state index >= 15 is 0 Å². The fraction of sp³-hybridized carbons (Fsp3) is 0.700. The average molecular weight is 246 g/mol. The molecule has 4 atom stereocenters. The van der Waals surface area contributed by atoms with Gasteiger partial charge in [0.25, 0.3) is 0 Å². The van der Waals surface area contributed by atoms with E-state index in [1.807, 2.05) is 0 Å². The van der Waals surface area contributed by atoms with Crippen LogP contribution in [0.4, 0.5) is 0 Å². The summed E-state index contributed by atoms with van der Waals surface area (Å²) in [5.74, 6) is -0.582. The minimum absolute atomic E-state index is 0.0896. The number of aliphatic hydroxyl groups is 3. The van der Waals surface area contributed by atoms with Crippen LogP contribution < -0.4 is 11.1 Å². The maximum atomic E-state index is 10.8. The van der Waals surface area contributed by atoms with E-state index in [2.05, 4.69) is 5.32 Å². The Hall–Kier alpha value is -1.15. The van der Waals surface area contributed by atoms with Crippen LogP contribution in [-0.2, 0) is 9.53 Å². The van der Waals surface area contributed by atoms with E-state index in [0.717, 1.165) is 0 Å². The van der Waals surface area contributed by atoms with Crippen LogP contribution in [0.15, 0.2) is 11.8 Å². The lowest BCUT2D eigenvalue weighted by Crippen LogP contribution is -2.53. The first-order valence-corrected chi connectivity index (χ1v) is 5.30. The number of carbonyl (C=O) groups excluding carboxylic acids is 1. The lowest BCUT2D eigenvalue weighted by Gasteiger charge is -2.36. The molecule has 2 unspecified atom stereocenters. The van der Waals surface area contributed by atoms with Gasteiger partial charge in [0.1, 0.15) is 12.2 Å². The van der Waals surface area contributed by atoms with Gasteiger partial charge in [-0.25, -0.2) is 0 Å². The summed E-state index contributed by atoms with van der Waals surface area (Å²) in [5.41, 5.74) is 5.32. The van der Waals surface area contributed by atoms with Crippen LogP contribution >= 0.6 is 0 Å². The van der Waals surface area contributed by atoms with Crippen molar-refractivity contribution in [2.45, 2.75) is 37.9 Å². The fourth-order valence-electron chi connectivity index (χ4n) is 1.49. The van der Waals surface area contributed by atoms with Crippen LogP contribution in [0.2, 0.25) is 0 Å². The van der Waals surface area contributed by atoms with E-state index in [1.165, 1.54) is 13.1 Å². The molecular formula is C10H18N2O5. The number of hydrogen-bond donors (Lipinski definition) is 5. The van der Waals surface area contributed by atoms with Crippen LogP contribution in [0.5, 0.6) is 0 Å². The highest BCUT2D eigenvalue weighted by Crippen LogP contribution is 2.18. The van der Waals surface area contributed by atoms with Gasteiger partial charge in [-0.1, -0.05) is 0 Å². The smallest absolute Gasteiger partial charge is 0.245 e. The van der Waals surface area contributed by atoms with Gasteiger partial charge in [0.05, 0.1) is 12.7 Å². The Morgan fingerprint density at radius 1 is 1.53 bits per heavy atom. The number of carbonyl (C=O) groups is 1. The molecule has 0 spiro atoms. The minimum atomic E-state index is -0.926. The molecule has 1 amide bonds. The van der Waals surface area contributed by atoms with E-state index in [0.29, 0.717) is 0 Å². The molecule has 0 saturated carbocycles. The maximum Gasteiger partial charge on any atom is 0.245 e. The number of rotatable bonds is 4. The monoisotopic (exact) mass is 246 g/mol. The first-order chi connectivity index (χ1) is 7.95. The Balaban J connectivity index is 2.58. The van der Waals surface area contributed by atoms with Crippen molar-refractivity contribution in [3.8, 4) is 0 Å². The molecule has 1 heterocycles. The third kappa shape index (κ3) is 3.67. The quantitative estimate of drug-likeness (QED) is 0.358. The first-order valence-electron chi connectivity index (χ1n) is 5.30. The number of ether oxygens (including phenoxy) is 1. The molecule has 1 aliphatic rings. The van der Waals surface area contributed by atoms with Crippen LogP contribution in [-0.4, -0.2) is 52.4 Å². The summed E-state index contributed by atoms with van der Waals surface area (Å²) in [6.45, 7) is 1.17. The molecule has 1 aliphatic heterocycles. The van der Waals surface area contributed by atoms with E-state index < -0.39 is 30.4 Å². The first kappa shape index (κ1) is 13.9. The van der Waals surface area contributed by atoms with Gasteiger partial charge >= 0.3 is 0 Å². The highest BCUT2D eigenvalue weighted by Gasteiger charge is 2.35. The van der Waals surface area contributed by atoms with E-state index in [9.17, 15) is 15.0 Å². The Bertz CT molecular complexity index is 307. The summed E-state index contributed by atoms with van der Waals surface area (Å²) in [6, 6.07) is 0. The third-order valence-electron chi connectivity index (χ3n) is 2.62. The molecule has 0 aliphatic carbocycles. The molecular weight excluding hydrogens is 228 g/mol. The zero-order chi connectivity index (χ0) is 13.0. The maximum absolute atomic E-state index is 10.8. The number of primary amides is 1. The molecule has 98 valence electrons. The second-order valence-electron chi connectivity index (χ2n) is 4.01. The molecule has 1 saturated heterocycles. The second-order valence-corrected chi connectivity index (χ2v) is 4.01. The van der Waals surface area contributed by atoms with Crippen LogP contribution in [0.1, 0.15) is 13.3 Å². The number of aliphatic hydroxyl groups excluding tert-OH is 3. The number of hydrogen-bond acceptors (Lipinski definition) is 6. The molecule has 17 heavy (non-hydrogen) atoms. The predicted octanol–water partition coefficient (Wildman–Crippen LogP) is -2.21. The summed E-state index contributed by atoms with van der Waals surface area (Å²) in [5, 5.41) is 30.7. The summed E-state index contributed by atoms with van der Waals surface area (Å²) in [6.07, 6.45) is -1.95. The van der Waals surface area contributed by atoms with Crippen molar-refractivity contribution >= 4 is 5.91 Å². The Kier molecular flexibility index (Phi) is 4.88. The molecule has 1 rings (SSSR count). The Labute approximate surface area is 98.9 Å². The third-order valence-corrected chi connectivity index (χ3v) is 2.62. The highest BCUT2D eigenvalue weighted by atomic mass is 16.5. The molecule has 0 bridgehead atoms. The normalized spacial score (nSPS) is 34.5. The topological polar surface area (TPSA) is 125 Å².